The van der Waals surface area contributed by atoms with Crippen LogP contribution in [0.15, 0.2) is 58.3 Å². The fourth-order valence-electron chi connectivity index (χ4n) is 2.51. The molecular formula is C18H19NOS. The standard InChI is InChI=1S/C18H19NOS/c1-18(2,3)12-17(20)19-13-8-4-6-10-15(13)21-16-11-7-5-9-14(16)19/h4-11H,12H2,1-3H3. The van der Waals surface area contributed by atoms with E-state index in [9.17, 15) is 4.79 Å². The SMILES string of the molecule is CC(C)(C)CC(=O)N1c2ccccc2Sc2ccccc21. The molecule has 108 valence electrons. The van der Waals surface area contributed by atoms with Gasteiger partial charge in [0.2, 0.25) is 5.91 Å². The third kappa shape index (κ3) is 2.84. The normalized spacial score (nSPS) is 13.6. The van der Waals surface area contributed by atoms with Gasteiger partial charge in [0.1, 0.15) is 0 Å². The van der Waals surface area contributed by atoms with E-state index in [2.05, 4.69) is 32.9 Å². The third-order valence-electron chi connectivity index (χ3n) is 3.36. The Bertz CT molecular complexity index is 642. The molecule has 3 heteroatoms. The van der Waals surface area contributed by atoms with E-state index < -0.39 is 0 Å². The first kappa shape index (κ1) is 14.2. The maximum Gasteiger partial charge on any atom is 0.232 e. The molecular weight excluding hydrogens is 278 g/mol. The van der Waals surface area contributed by atoms with Crippen LogP contribution >= 0.6 is 11.8 Å². The Morgan fingerprint density at radius 2 is 1.43 bits per heavy atom. The van der Waals surface area contributed by atoms with E-state index in [-0.39, 0.29) is 11.3 Å². The summed E-state index contributed by atoms with van der Waals surface area (Å²) in [5, 5.41) is 0. The fraction of sp³-hybridized carbons (Fsp3) is 0.278. The molecule has 0 atom stereocenters. The molecule has 0 spiro atoms. The number of carbonyl (C=O) groups is 1. The second-order valence-electron chi connectivity index (χ2n) is 6.50. The lowest BCUT2D eigenvalue weighted by Crippen LogP contribution is -2.31. The molecule has 1 heterocycles. The largest absolute Gasteiger partial charge is 0.279 e. The molecule has 2 nitrogen and oxygen atoms in total. The van der Waals surface area contributed by atoms with Crippen LogP contribution in [0.2, 0.25) is 0 Å². The van der Waals surface area contributed by atoms with E-state index >= 15 is 0 Å². The molecule has 0 unspecified atom stereocenters. The van der Waals surface area contributed by atoms with Gasteiger partial charge >= 0.3 is 0 Å². The molecule has 0 bridgehead atoms. The topological polar surface area (TPSA) is 20.3 Å². The molecule has 1 aliphatic rings. The minimum atomic E-state index is -0.0223. The molecule has 0 saturated heterocycles. The van der Waals surface area contributed by atoms with E-state index in [4.69, 9.17) is 0 Å². The summed E-state index contributed by atoms with van der Waals surface area (Å²) in [5.41, 5.74) is 1.97. The molecule has 2 aromatic carbocycles. The average Bonchev–Trinajstić information content (AvgIpc) is 2.42. The van der Waals surface area contributed by atoms with Gasteiger partial charge in [0.15, 0.2) is 0 Å². The zero-order valence-corrected chi connectivity index (χ0v) is 13.4. The minimum Gasteiger partial charge on any atom is -0.279 e. The van der Waals surface area contributed by atoms with Crippen molar-refractivity contribution in [3.8, 4) is 0 Å². The van der Waals surface area contributed by atoms with Crippen LogP contribution in [-0.2, 0) is 4.79 Å². The molecule has 0 saturated carbocycles. The van der Waals surface area contributed by atoms with Gasteiger partial charge in [-0.15, -0.1) is 0 Å². The van der Waals surface area contributed by atoms with Gasteiger partial charge in [-0.3, -0.25) is 9.69 Å². The van der Waals surface area contributed by atoms with E-state index in [1.807, 2.05) is 41.3 Å². The third-order valence-corrected chi connectivity index (χ3v) is 4.49. The predicted molar refractivity (Wildman–Crippen MR) is 88.2 cm³/mol. The van der Waals surface area contributed by atoms with Crippen LogP contribution in [0.4, 0.5) is 11.4 Å². The van der Waals surface area contributed by atoms with Gasteiger partial charge in [0.25, 0.3) is 0 Å². The van der Waals surface area contributed by atoms with Crippen LogP contribution in [0, 0.1) is 5.41 Å². The first-order valence-corrected chi connectivity index (χ1v) is 7.96. The first-order valence-electron chi connectivity index (χ1n) is 7.15. The van der Waals surface area contributed by atoms with Gasteiger partial charge in [0.05, 0.1) is 11.4 Å². The average molecular weight is 297 g/mol. The number of anilines is 2. The number of para-hydroxylation sites is 2. The highest BCUT2D eigenvalue weighted by atomic mass is 32.2. The van der Waals surface area contributed by atoms with Gasteiger partial charge in [-0.2, -0.15) is 0 Å². The Morgan fingerprint density at radius 1 is 0.952 bits per heavy atom. The second kappa shape index (κ2) is 5.23. The Morgan fingerprint density at radius 3 is 1.90 bits per heavy atom. The summed E-state index contributed by atoms with van der Waals surface area (Å²) in [7, 11) is 0. The van der Waals surface area contributed by atoms with Gasteiger partial charge in [0, 0.05) is 16.2 Å². The number of amides is 1. The molecule has 0 aromatic heterocycles. The van der Waals surface area contributed by atoms with Crippen LogP contribution in [-0.4, -0.2) is 5.91 Å². The summed E-state index contributed by atoms with van der Waals surface area (Å²) in [6.07, 6.45) is 0.528. The smallest absolute Gasteiger partial charge is 0.232 e. The van der Waals surface area contributed by atoms with Crippen molar-refractivity contribution in [2.45, 2.75) is 37.0 Å². The van der Waals surface area contributed by atoms with E-state index in [0.29, 0.717) is 6.42 Å². The van der Waals surface area contributed by atoms with Crippen molar-refractivity contribution >= 4 is 29.0 Å². The minimum absolute atomic E-state index is 0.0223. The Balaban J connectivity index is 2.09. The maximum atomic E-state index is 12.9. The summed E-state index contributed by atoms with van der Waals surface area (Å²) >= 11 is 1.73. The van der Waals surface area contributed by atoms with E-state index in [1.54, 1.807) is 11.8 Å². The summed E-state index contributed by atoms with van der Waals surface area (Å²) < 4.78 is 0. The Hall–Kier alpha value is -1.74. The number of nitrogens with zero attached hydrogens (tertiary/aromatic N) is 1. The van der Waals surface area contributed by atoms with Crippen LogP contribution in [0.1, 0.15) is 27.2 Å². The maximum absolute atomic E-state index is 12.9. The zero-order chi connectivity index (χ0) is 15.0. The molecule has 0 radical (unpaired) electrons. The molecule has 2 aromatic rings. The van der Waals surface area contributed by atoms with Crippen molar-refractivity contribution in [1.82, 2.24) is 0 Å². The molecule has 0 fully saturated rings. The van der Waals surface area contributed by atoms with Gasteiger partial charge in [-0.05, 0) is 29.7 Å². The number of rotatable bonds is 1. The van der Waals surface area contributed by atoms with E-state index in [0.717, 1.165) is 21.2 Å². The van der Waals surface area contributed by atoms with E-state index in [1.165, 1.54) is 0 Å². The first-order chi connectivity index (χ1) is 9.96. The van der Waals surface area contributed by atoms with Crippen molar-refractivity contribution in [3.63, 3.8) is 0 Å². The highest BCUT2D eigenvalue weighted by Gasteiger charge is 2.29. The van der Waals surface area contributed by atoms with Crippen LogP contribution in [0.3, 0.4) is 0 Å². The lowest BCUT2D eigenvalue weighted by atomic mass is 9.91. The van der Waals surface area contributed by atoms with Crippen LogP contribution in [0.5, 0.6) is 0 Å². The summed E-state index contributed by atoms with van der Waals surface area (Å²) in [6.45, 7) is 6.30. The van der Waals surface area contributed by atoms with Crippen LogP contribution < -0.4 is 4.90 Å². The molecule has 21 heavy (non-hydrogen) atoms. The Labute approximate surface area is 130 Å². The summed E-state index contributed by atoms with van der Waals surface area (Å²) in [5.74, 6) is 0.155. The monoisotopic (exact) mass is 297 g/mol. The molecule has 1 aliphatic heterocycles. The second-order valence-corrected chi connectivity index (χ2v) is 7.59. The molecule has 0 aliphatic carbocycles. The van der Waals surface area contributed by atoms with Crippen LogP contribution in [0.25, 0.3) is 0 Å². The van der Waals surface area contributed by atoms with Crippen molar-refractivity contribution in [1.29, 1.82) is 0 Å². The summed E-state index contributed by atoms with van der Waals surface area (Å²) in [4.78, 5) is 17.0. The number of hydrogen-bond donors (Lipinski definition) is 0. The van der Waals surface area contributed by atoms with Gasteiger partial charge < -0.3 is 0 Å². The van der Waals surface area contributed by atoms with Gasteiger partial charge in [-0.1, -0.05) is 56.8 Å². The highest BCUT2D eigenvalue weighted by molar-refractivity contribution is 7.99. The van der Waals surface area contributed by atoms with Crippen molar-refractivity contribution < 1.29 is 4.79 Å². The molecule has 0 N–H and O–H groups in total. The van der Waals surface area contributed by atoms with Gasteiger partial charge in [-0.25, -0.2) is 0 Å². The lowest BCUT2D eigenvalue weighted by molar-refractivity contribution is -0.119. The summed E-state index contributed by atoms with van der Waals surface area (Å²) in [6, 6.07) is 16.2. The highest BCUT2D eigenvalue weighted by Crippen LogP contribution is 2.48. The van der Waals surface area contributed by atoms with Crippen molar-refractivity contribution in [2.24, 2.45) is 5.41 Å². The molecule has 3 rings (SSSR count). The van der Waals surface area contributed by atoms with Crippen molar-refractivity contribution in [2.75, 3.05) is 4.90 Å². The molecule has 1 amide bonds. The zero-order valence-electron chi connectivity index (χ0n) is 12.6. The number of carbonyl (C=O) groups excluding carboxylic acids is 1. The Kier molecular flexibility index (Phi) is 3.54. The quantitative estimate of drug-likeness (QED) is 0.716. The number of benzene rings is 2. The fourth-order valence-corrected chi connectivity index (χ4v) is 3.56. The lowest BCUT2D eigenvalue weighted by Gasteiger charge is -2.32. The predicted octanol–water partition coefficient (Wildman–Crippen LogP) is 5.25. The number of hydrogen-bond acceptors (Lipinski definition) is 2. The number of fused-ring (bicyclic) bond motifs is 2. The van der Waals surface area contributed by atoms with Crippen molar-refractivity contribution in [3.05, 3.63) is 48.5 Å².